The summed E-state index contributed by atoms with van der Waals surface area (Å²) < 4.78 is 12.9. The average Bonchev–Trinajstić information content (AvgIpc) is 2.21. The number of halogens is 1. The van der Waals surface area contributed by atoms with Crippen LogP contribution in [0.3, 0.4) is 0 Å². The third kappa shape index (κ3) is 9.89. The van der Waals surface area contributed by atoms with Crippen molar-refractivity contribution in [1.82, 2.24) is 0 Å². The Balaban J connectivity index is 3.08. The fourth-order valence-corrected chi connectivity index (χ4v) is 1.66. The SMILES string of the molecule is CCCCCCCCCCC(F)C(C)=O. The molecule has 0 aromatic carbocycles. The number of Topliss-reactive ketones (excluding diaryl/α,β-unsaturated/α-hetero) is 1. The largest absolute Gasteiger partial charge is 0.297 e. The van der Waals surface area contributed by atoms with Gasteiger partial charge in [-0.2, -0.15) is 0 Å². The minimum atomic E-state index is -1.22. The second-order valence-electron chi connectivity index (χ2n) is 4.34. The van der Waals surface area contributed by atoms with E-state index in [1.165, 1.54) is 45.4 Å². The van der Waals surface area contributed by atoms with Crippen LogP contribution in [0.1, 0.15) is 71.6 Å². The molecule has 0 N–H and O–H groups in total. The summed E-state index contributed by atoms with van der Waals surface area (Å²) in [6.45, 7) is 3.54. The third-order valence-electron chi connectivity index (χ3n) is 2.75. The third-order valence-corrected chi connectivity index (χ3v) is 2.75. The lowest BCUT2D eigenvalue weighted by Crippen LogP contribution is -2.10. The second kappa shape index (κ2) is 10.1. The summed E-state index contributed by atoms with van der Waals surface area (Å²) in [7, 11) is 0. The van der Waals surface area contributed by atoms with Gasteiger partial charge in [-0.05, 0) is 13.3 Å². The minimum Gasteiger partial charge on any atom is -0.297 e. The topological polar surface area (TPSA) is 17.1 Å². The quantitative estimate of drug-likeness (QED) is 0.493. The van der Waals surface area contributed by atoms with E-state index in [-0.39, 0.29) is 5.78 Å². The van der Waals surface area contributed by atoms with Crippen LogP contribution in [0.25, 0.3) is 0 Å². The highest BCUT2D eigenvalue weighted by Gasteiger charge is 2.10. The predicted molar refractivity (Wildman–Crippen MR) is 62.8 cm³/mol. The highest BCUT2D eigenvalue weighted by Crippen LogP contribution is 2.12. The molecule has 2 heteroatoms. The lowest BCUT2D eigenvalue weighted by Gasteiger charge is -2.04. The molecule has 0 aliphatic carbocycles. The molecule has 0 saturated carbocycles. The van der Waals surface area contributed by atoms with Crippen LogP contribution < -0.4 is 0 Å². The van der Waals surface area contributed by atoms with Gasteiger partial charge >= 0.3 is 0 Å². The van der Waals surface area contributed by atoms with Crippen molar-refractivity contribution in [1.29, 1.82) is 0 Å². The maximum atomic E-state index is 12.9. The molecule has 0 bridgehead atoms. The Bertz CT molecular complexity index is 157. The van der Waals surface area contributed by atoms with Crippen LogP contribution in [0, 0.1) is 0 Å². The number of ketones is 1. The first-order valence-corrected chi connectivity index (χ1v) is 6.33. The molecule has 0 heterocycles. The molecule has 1 nitrogen and oxygen atoms in total. The standard InChI is InChI=1S/C13H25FO/c1-3-4-5-6-7-8-9-10-11-13(14)12(2)15/h13H,3-11H2,1-2H3. The maximum Gasteiger partial charge on any atom is 0.163 e. The summed E-state index contributed by atoms with van der Waals surface area (Å²) in [6, 6.07) is 0. The van der Waals surface area contributed by atoms with E-state index in [0.29, 0.717) is 6.42 Å². The van der Waals surface area contributed by atoms with Crippen molar-refractivity contribution in [3.05, 3.63) is 0 Å². The predicted octanol–water partition coefficient (Wildman–Crippen LogP) is 4.44. The Morgan fingerprint density at radius 2 is 1.47 bits per heavy atom. The molecule has 0 aliphatic heterocycles. The summed E-state index contributed by atoms with van der Waals surface area (Å²) in [5.74, 6) is -0.321. The molecule has 15 heavy (non-hydrogen) atoms. The Hall–Kier alpha value is -0.400. The molecule has 1 unspecified atom stereocenters. The van der Waals surface area contributed by atoms with Crippen LogP contribution in [0.15, 0.2) is 0 Å². The molecule has 0 fully saturated rings. The fourth-order valence-electron chi connectivity index (χ4n) is 1.66. The smallest absolute Gasteiger partial charge is 0.163 e. The van der Waals surface area contributed by atoms with Gasteiger partial charge in [0, 0.05) is 0 Å². The summed E-state index contributed by atoms with van der Waals surface area (Å²) in [5.41, 5.74) is 0. The Morgan fingerprint density at radius 3 is 1.93 bits per heavy atom. The first kappa shape index (κ1) is 14.6. The zero-order chi connectivity index (χ0) is 11.5. The van der Waals surface area contributed by atoms with Crippen molar-refractivity contribution < 1.29 is 9.18 Å². The summed E-state index contributed by atoms with van der Waals surface area (Å²) in [4.78, 5) is 10.6. The van der Waals surface area contributed by atoms with Gasteiger partial charge in [0.25, 0.3) is 0 Å². The van der Waals surface area contributed by atoms with Gasteiger partial charge in [0.05, 0.1) is 0 Å². The van der Waals surface area contributed by atoms with Crippen LogP contribution in [0.2, 0.25) is 0 Å². The number of carbonyl (C=O) groups excluding carboxylic acids is 1. The molecule has 0 aromatic heterocycles. The van der Waals surface area contributed by atoms with E-state index >= 15 is 0 Å². The molecule has 0 amide bonds. The van der Waals surface area contributed by atoms with Crippen LogP contribution >= 0.6 is 0 Å². The van der Waals surface area contributed by atoms with E-state index in [0.717, 1.165) is 12.8 Å². The van der Waals surface area contributed by atoms with E-state index in [9.17, 15) is 9.18 Å². The van der Waals surface area contributed by atoms with E-state index in [1.54, 1.807) is 0 Å². The number of hydrogen-bond donors (Lipinski definition) is 0. The Labute approximate surface area is 93.4 Å². The number of unbranched alkanes of at least 4 members (excludes halogenated alkanes) is 7. The Morgan fingerprint density at radius 1 is 1.00 bits per heavy atom. The van der Waals surface area contributed by atoms with Crippen molar-refractivity contribution in [2.75, 3.05) is 0 Å². The van der Waals surface area contributed by atoms with Crippen molar-refractivity contribution in [2.45, 2.75) is 77.8 Å². The van der Waals surface area contributed by atoms with Crippen molar-refractivity contribution >= 4 is 5.78 Å². The molecular formula is C13H25FO. The van der Waals surface area contributed by atoms with Crippen LogP contribution in [0.4, 0.5) is 4.39 Å². The van der Waals surface area contributed by atoms with Gasteiger partial charge < -0.3 is 0 Å². The lowest BCUT2D eigenvalue weighted by atomic mass is 10.1. The minimum absolute atomic E-state index is 0.321. The van der Waals surface area contributed by atoms with Gasteiger partial charge in [0.1, 0.15) is 0 Å². The fraction of sp³-hybridized carbons (Fsp3) is 0.923. The highest BCUT2D eigenvalue weighted by molar-refractivity contribution is 5.80. The van der Waals surface area contributed by atoms with Gasteiger partial charge in [-0.3, -0.25) is 4.79 Å². The molecule has 0 aromatic rings. The number of hydrogen-bond acceptors (Lipinski definition) is 1. The molecule has 0 spiro atoms. The number of rotatable bonds is 10. The van der Waals surface area contributed by atoms with Crippen molar-refractivity contribution in [3.63, 3.8) is 0 Å². The van der Waals surface area contributed by atoms with E-state index < -0.39 is 6.17 Å². The normalized spacial score (nSPS) is 12.7. The first-order chi connectivity index (χ1) is 7.18. The maximum absolute atomic E-state index is 12.9. The van der Waals surface area contributed by atoms with E-state index in [4.69, 9.17) is 0 Å². The summed E-state index contributed by atoms with van der Waals surface area (Å²) in [6.07, 6.45) is 8.82. The summed E-state index contributed by atoms with van der Waals surface area (Å²) in [5, 5.41) is 0. The monoisotopic (exact) mass is 216 g/mol. The van der Waals surface area contributed by atoms with Gasteiger partial charge in [0.2, 0.25) is 0 Å². The molecule has 0 radical (unpaired) electrons. The van der Waals surface area contributed by atoms with Gasteiger partial charge in [0.15, 0.2) is 12.0 Å². The second-order valence-corrected chi connectivity index (χ2v) is 4.34. The van der Waals surface area contributed by atoms with E-state index in [1.807, 2.05) is 0 Å². The van der Waals surface area contributed by atoms with Gasteiger partial charge in [-0.15, -0.1) is 0 Å². The molecular weight excluding hydrogens is 191 g/mol. The van der Waals surface area contributed by atoms with Crippen LogP contribution in [-0.2, 0) is 4.79 Å². The zero-order valence-electron chi connectivity index (χ0n) is 10.2. The Kier molecular flexibility index (Phi) is 9.86. The lowest BCUT2D eigenvalue weighted by molar-refractivity contribution is -0.121. The highest BCUT2D eigenvalue weighted by atomic mass is 19.1. The van der Waals surface area contributed by atoms with Gasteiger partial charge in [-0.25, -0.2) is 4.39 Å². The molecule has 0 aliphatic rings. The average molecular weight is 216 g/mol. The van der Waals surface area contributed by atoms with Crippen molar-refractivity contribution in [3.8, 4) is 0 Å². The molecule has 90 valence electrons. The summed E-state index contributed by atoms with van der Waals surface area (Å²) >= 11 is 0. The first-order valence-electron chi connectivity index (χ1n) is 6.33. The molecule has 0 saturated heterocycles. The van der Waals surface area contributed by atoms with Crippen LogP contribution in [0.5, 0.6) is 0 Å². The number of alkyl halides is 1. The van der Waals surface area contributed by atoms with Gasteiger partial charge in [-0.1, -0.05) is 58.3 Å². The molecule has 1 atom stereocenters. The van der Waals surface area contributed by atoms with Crippen LogP contribution in [-0.4, -0.2) is 12.0 Å². The van der Waals surface area contributed by atoms with E-state index in [2.05, 4.69) is 6.92 Å². The molecule has 0 rings (SSSR count). The number of carbonyl (C=O) groups is 1. The zero-order valence-corrected chi connectivity index (χ0v) is 10.2. The van der Waals surface area contributed by atoms with Crippen molar-refractivity contribution in [2.24, 2.45) is 0 Å².